The predicted molar refractivity (Wildman–Crippen MR) is 93.6 cm³/mol. The molecule has 6 nitrogen and oxygen atoms in total. The summed E-state index contributed by atoms with van der Waals surface area (Å²) >= 11 is 0. The van der Waals surface area contributed by atoms with Gasteiger partial charge in [-0.05, 0) is 36.4 Å². The van der Waals surface area contributed by atoms with Gasteiger partial charge in [-0.2, -0.15) is 10.4 Å². The molecule has 27 heavy (non-hydrogen) atoms. The molecule has 1 heterocycles. The Bertz CT molecular complexity index is 1100. The van der Waals surface area contributed by atoms with E-state index in [0.29, 0.717) is 11.3 Å². The van der Waals surface area contributed by atoms with E-state index in [4.69, 9.17) is 5.26 Å². The van der Waals surface area contributed by atoms with Gasteiger partial charge in [-0.3, -0.25) is 9.59 Å². The molecule has 1 aromatic heterocycles. The monoisotopic (exact) mass is 366 g/mol. The minimum atomic E-state index is -0.778. The van der Waals surface area contributed by atoms with Crippen LogP contribution in [0, 0.1) is 23.0 Å². The largest absolute Gasteiger partial charge is 0.324 e. The van der Waals surface area contributed by atoms with Gasteiger partial charge in [-0.1, -0.05) is 6.07 Å². The van der Waals surface area contributed by atoms with Crippen molar-refractivity contribution in [2.45, 2.75) is 6.54 Å². The maximum Gasteiger partial charge on any atom is 0.267 e. The maximum atomic E-state index is 13.4. The van der Waals surface area contributed by atoms with Crippen LogP contribution in [-0.2, 0) is 11.3 Å². The summed E-state index contributed by atoms with van der Waals surface area (Å²) in [5.74, 6) is -2.10. The number of nitrogens with zero attached hydrogens (tertiary/aromatic N) is 3. The number of carbonyl (C=O) groups is 1. The Hall–Kier alpha value is -3.86. The molecule has 0 aliphatic carbocycles. The first-order chi connectivity index (χ1) is 12.9. The Morgan fingerprint density at radius 3 is 2.56 bits per heavy atom. The highest BCUT2D eigenvalue weighted by Gasteiger charge is 2.10. The molecule has 3 rings (SSSR count). The van der Waals surface area contributed by atoms with Crippen molar-refractivity contribution in [2.75, 3.05) is 5.32 Å². The molecule has 0 aliphatic heterocycles. The van der Waals surface area contributed by atoms with E-state index in [9.17, 15) is 18.4 Å². The number of anilines is 1. The summed E-state index contributed by atoms with van der Waals surface area (Å²) in [6, 6.07) is 13.6. The molecule has 0 spiro atoms. The third kappa shape index (κ3) is 4.41. The molecule has 0 fully saturated rings. The van der Waals surface area contributed by atoms with Crippen molar-refractivity contribution in [3.05, 3.63) is 82.1 Å². The summed E-state index contributed by atoms with van der Waals surface area (Å²) in [6.07, 6.45) is 0. The molecule has 0 atom stereocenters. The van der Waals surface area contributed by atoms with Crippen LogP contribution >= 0.6 is 0 Å². The number of carbonyl (C=O) groups excluding carboxylic acids is 1. The molecule has 8 heteroatoms. The molecular weight excluding hydrogens is 354 g/mol. The lowest BCUT2D eigenvalue weighted by Crippen LogP contribution is -2.29. The van der Waals surface area contributed by atoms with Crippen molar-refractivity contribution in [1.82, 2.24) is 9.78 Å². The van der Waals surface area contributed by atoms with Crippen molar-refractivity contribution in [3.8, 4) is 17.3 Å². The van der Waals surface area contributed by atoms with Gasteiger partial charge in [-0.25, -0.2) is 13.5 Å². The van der Waals surface area contributed by atoms with Crippen LogP contribution in [0.3, 0.4) is 0 Å². The Kier molecular flexibility index (Phi) is 5.04. The zero-order valence-corrected chi connectivity index (χ0v) is 13.8. The summed E-state index contributed by atoms with van der Waals surface area (Å²) in [7, 11) is 0. The molecule has 0 saturated heterocycles. The number of halogens is 2. The van der Waals surface area contributed by atoms with E-state index in [2.05, 4.69) is 10.4 Å². The fraction of sp³-hybridized carbons (Fsp3) is 0.0526. The predicted octanol–water partition coefficient (Wildman–Crippen LogP) is 2.70. The number of aromatic nitrogens is 2. The van der Waals surface area contributed by atoms with Crippen molar-refractivity contribution in [2.24, 2.45) is 0 Å². The van der Waals surface area contributed by atoms with Crippen LogP contribution in [0.1, 0.15) is 5.56 Å². The highest BCUT2D eigenvalue weighted by atomic mass is 19.1. The standard InChI is InChI=1S/C19H12F2N4O2/c20-14-7-13(8-15(21)9-14)17-4-5-19(27)25(24-17)11-18(26)23-16-3-1-2-12(6-16)10-22/h1-9H,11H2,(H,23,26). The van der Waals surface area contributed by atoms with Crippen molar-refractivity contribution < 1.29 is 13.6 Å². The van der Waals surface area contributed by atoms with Gasteiger partial charge >= 0.3 is 0 Å². The lowest BCUT2D eigenvalue weighted by Gasteiger charge is -2.09. The minimum Gasteiger partial charge on any atom is -0.324 e. The van der Waals surface area contributed by atoms with Crippen LogP contribution in [0.2, 0.25) is 0 Å². The molecule has 3 aromatic rings. The van der Waals surface area contributed by atoms with Gasteiger partial charge in [0.25, 0.3) is 5.56 Å². The highest BCUT2D eigenvalue weighted by molar-refractivity contribution is 5.90. The smallest absolute Gasteiger partial charge is 0.267 e. The number of hydrogen-bond acceptors (Lipinski definition) is 4. The van der Waals surface area contributed by atoms with E-state index in [1.807, 2.05) is 6.07 Å². The molecule has 1 N–H and O–H groups in total. The van der Waals surface area contributed by atoms with E-state index in [0.717, 1.165) is 28.9 Å². The van der Waals surface area contributed by atoms with E-state index in [1.54, 1.807) is 18.2 Å². The fourth-order valence-corrected chi connectivity index (χ4v) is 2.42. The maximum absolute atomic E-state index is 13.4. The Morgan fingerprint density at radius 2 is 1.85 bits per heavy atom. The fourth-order valence-electron chi connectivity index (χ4n) is 2.42. The van der Waals surface area contributed by atoms with Gasteiger partial charge in [0.2, 0.25) is 5.91 Å². The first kappa shape index (κ1) is 17.9. The second kappa shape index (κ2) is 7.58. The molecule has 2 aromatic carbocycles. The topological polar surface area (TPSA) is 87.8 Å². The molecule has 0 radical (unpaired) electrons. The SMILES string of the molecule is N#Cc1cccc(NC(=O)Cn2nc(-c3cc(F)cc(F)c3)ccc2=O)c1. The first-order valence-electron chi connectivity index (χ1n) is 7.79. The Balaban J connectivity index is 1.83. The van der Waals surface area contributed by atoms with Gasteiger partial charge < -0.3 is 5.32 Å². The number of nitrogens with one attached hydrogen (secondary N) is 1. The minimum absolute atomic E-state index is 0.142. The van der Waals surface area contributed by atoms with Crippen molar-refractivity contribution in [3.63, 3.8) is 0 Å². The zero-order valence-electron chi connectivity index (χ0n) is 13.8. The molecular formula is C19H12F2N4O2. The molecule has 1 amide bonds. The Morgan fingerprint density at radius 1 is 1.11 bits per heavy atom. The van der Waals surface area contributed by atoms with Crippen LogP contribution in [-0.4, -0.2) is 15.7 Å². The molecule has 0 bridgehead atoms. The second-order valence-electron chi connectivity index (χ2n) is 5.61. The number of rotatable bonds is 4. The van der Waals surface area contributed by atoms with Gasteiger partial charge in [0.05, 0.1) is 17.3 Å². The third-order valence-electron chi connectivity index (χ3n) is 3.59. The third-order valence-corrected chi connectivity index (χ3v) is 3.59. The van der Waals surface area contributed by atoms with Crippen LogP contribution < -0.4 is 10.9 Å². The van der Waals surface area contributed by atoms with Crippen LogP contribution in [0.15, 0.2) is 59.4 Å². The summed E-state index contributed by atoms with van der Waals surface area (Å²) < 4.78 is 27.7. The van der Waals surface area contributed by atoms with Gasteiger partial charge in [-0.15, -0.1) is 0 Å². The number of hydrogen-bond donors (Lipinski definition) is 1. The van der Waals surface area contributed by atoms with Crippen LogP contribution in [0.5, 0.6) is 0 Å². The number of benzene rings is 2. The van der Waals surface area contributed by atoms with E-state index in [1.165, 1.54) is 12.1 Å². The Labute approximate surface area is 152 Å². The van der Waals surface area contributed by atoms with E-state index in [-0.39, 0.29) is 11.3 Å². The van der Waals surface area contributed by atoms with Crippen LogP contribution in [0.25, 0.3) is 11.3 Å². The molecule has 134 valence electrons. The zero-order chi connectivity index (χ0) is 19.4. The van der Waals surface area contributed by atoms with Crippen molar-refractivity contribution in [1.29, 1.82) is 5.26 Å². The average molecular weight is 366 g/mol. The molecule has 0 aliphatic rings. The highest BCUT2D eigenvalue weighted by Crippen LogP contribution is 2.18. The average Bonchev–Trinajstić information content (AvgIpc) is 2.63. The van der Waals surface area contributed by atoms with Gasteiger partial charge in [0.15, 0.2) is 0 Å². The lowest BCUT2D eigenvalue weighted by molar-refractivity contribution is -0.117. The molecule has 0 saturated carbocycles. The first-order valence-corrected chi connectivity index (χ1v) is 7.79. The van der Waals surface area contributed by atoms with Gasteiger partial charge in [0, 0.05) is 23.4 Å². The normalized spacial score (nSPS) is 10.3. The summed E-state index contributed by atoms with van der Waals surface area (Å²) in [5, 5.41) is 15.4. The second-order valence-corrected chi connectivity index (χ2v) is 5.61. The summed E-state index contributed by atoms with van der Waals surface area (Å²) in [6.45, 7) is -0.402. The van der Waals surface area contributed by atoms with E-state index >= 15 is 0 Å². The lowest BCUT2D eigenvalue weighted by atomic mass is 10.1. The van der Waals surface area contributed by atoms with Gasteiger partial charge in [0.1, 0.15) is 18.2 Å². The quantitative estimate of drug-likeness (QED) is 0.769. The summed E-state index contributed by atoms with van der Waals surface area (Å²) in [4.78, 5) is 24.1. The van der Waals surface area contributed by atoms with Crippen molar-refractivity contribution >= 4 is 11.6 Å². The van der Waals surface area contributed by atoms with E-state index < -0.39 is 29.6 Å². The summed E-state index contributed by atoms with van der Waals surface area (Å²) in [5.41, 5.74) is 0.515. The number of nitriles is 1. The molecule has 0 unspecified atom stereocenters. The van der Waals surface area contributed by atoms with Crippen LogP contribution in [0.4, 0.5) is 14.5 Å². The number of amides is 1.